The molecular weight excluding hydrogens is 308 g/mol. The number of anilines is 1. The number of hydrogen-bond acceptors (Lipinski definition) is 2. The van der Waals surface area contributed by atoms with Gasteiger partial charge in [-0.15, -0.1) is 0 Å². The Balaban J connectivity index is 1.97. The normalized spacial score (nSPS) is 15.6. The fraction of sp³-hybridized carbons (Fsp3) is 0.318. The van der Waals surface area contributed by atoms with E-state index in [4.69, 9.17) is 5.73 Å². The van der Waals surface area contributed by atoms with Gasteiger partial charge in [-0.2, -0.15) is 0 Å². The Morgan fingerprint density at radius 3 is 2.68 bits per heavy atom. The fourth-order valence-corrected chi connectivity index (χ4v) is 3.58. The molecule has 1 heterocycles. The Morgan fingerprint density at radius 2 is 2.00 bits per heavy atom. The number of nitrogens with two attached hydrogens (primary N) is 1. The van der Waals surface area contributed by atoms with E-state index in [1.807, 2.05) is 36.4 Å². The van der Waals surface area contributed by atoms with Gasteiger partial charge in [0.15, 0.2) is 0 Å². The first-order valence-corrected chi connectivity index (χ1v) is 9.04. The van der Waals surface area contributed by atoms with Crippen molar-refractivity contribution in [1.82, 2.24) is 0 Å². The number of amides is 1. The van der Waals surface area contributed by atoms with Gasteiger partial charge in [0.1, 0.15) is 0 Å². The van der Waals surface area contributed by atoms with Gasteiger partial charge >= 0.3 is 0 Å². The molecule has 1 aliphatic heterocycles. The van der Waals surface area contributed by atoms with Crippen molar-refractivity contribution in [2.45, 2.75) is 32.6 Å². The Hall–Kier alpha value is -2.55. The van der Waals surface area contributed by atoms with Gasteiger partial charge in [0, 0.05) is 30.3 Å². The molecular formula is C22H26N2O. The van der Waals surface area contributed by atoms with Crippen LogP contribution in [0.4, 0.5) is 5.69 Å². The number of carbonyl (C=O) groups excluding carboxylic acids is 1. The number of nitrogens with zero attached hydrogens (tertiary/aromatic N) is 1. The average molecular weight is 334 g/mol. The summed E-state index contributed by atoms with van der Waals surface area (Å²) in [5, 5.41) is 0. The van der Waals surface area contributed by atoms with Crippen LogP contribution in [0.2, 0.25) is 0 Å². The van der Waals surface area contributed by atoms with Crippen LogP contribution in [-0.2, 0) is 11.2 Å². The van der Waals surface area contributed by atoms with Crippen LogP contribution in [0.15, 0.2) is 54.1 Å². The summed E-state index contributed by atoms with van der Waals surface area (Å²) in [6.45, 7) is 6.35. The quantitative estimate of drug-likeness (QED) is 0.836. The molecule has 3 nitrogen and oxygen atoms in total. The van der Waals surface area contributed by atoms with Crippen molar-refractivity contribution in [3.8, 4) is 0 Å². The molecule has 0 fully saturated rings. The summed E-state index contributed by atoms with van der Waals surface area (Å²) < 4.78 is 0. The molecule has 2 N–H and O–H groups in total. The lowest BCUT2D eigenvalue weighted by atomic mass is 9.88. The largest absolute Gasteiger partial charge is 0.372 e. The van der Waals surface area contributed by atoms with Gasteiger partial charge < -0.3 is 10.6 Å². The number of rotatable bonds is 5. The summed E-state index contributed by atoms with van der Waals surface area (Å²) in [4.78, 5) is 14.5. The lowest BCUT2D eigenvalue weighted by Crippen LogP contribution is -2.29. The second-order valence-electron chi connectivity index (χ2n) is 6.67. The molecule has 2 aromatic rings. The van der Waals surface area contributed by atoms with E-state index in [-0.39, 0.29) is 11.8 Å². The minimum atomic E-state index is -0.360. The Bertz CT molecular complexity index is 780. The Labute approximate surface area is 150 Å². The molecule has 1 aliphatic rings. The minimum absolute atomic E-state index is 0.0383. The molecule has 25 heavy (non-hydrogen) atoms. The third-order valence-corrected chi connectivity index (χ3v) is 5.08. The van der Waals surface area contributed by atoms with Crippen LogP contribution in [0, 0.1) is 0 Å². The van der Waals surface area contributed by atoms with Crippen molar-refractivity contribution in [1.29, 1.82) is 0 Å². The minimum Gasteiger partial charge on any atom is -0.372 e. The molecule has 0 spiro atoms. The second kappa shape index (κ2) is 7.56. The molecule has 3 rings (SSSR count). The lowest BCUT2D eigenvalue weighted by Gasteiger charge is -2.31. The van der Waals surface area contributed by atoms with E-state index in [1.165, 1.54) is 17.7 Å². The molecule has 0 aromatic heterocycles. The lowest BCUT2D eigenvalue weighted by molar-refractivity contribution is -0.114. The zero-order chi connectivity index (χ0) is 17.8. The van der Waals surface area contributed by atoms with E-state index in [0.717, 1.165) is 30.6 Å². The molecule has 3 heteroatoms. The van der Waals surface area contributed by atoms with Crippen molar-refractivity contribution < 1.29 is 4.79 Å². The van der Waals surface area contributed by atoms with E-state index in [0.29, 0.717) is 5.57 Å². The molecule has 2 aromatic carbocycles. The molecule has 0 radical (unpaired) electrons. The maximum absolute atomic E-state index is 12.1. The summed E-state index contributed by atoms with van der Waals surface area (Å²) in [5.41, 5.74) is 11.2. The molecule has 0 bridgehead atoms. The zero-order valence-corrected chi connectivity index (χ0v) is 15.0. The first-order chi connectivity index (χ1) is 12.1. The second-order valence-corrected chi connectivity index (χ2v) is 6.67. The van der Waals surface area contributed by atoms with E-state index in [9.17, 15) is 4.79 Å². The number of carbonyl (C=O) groups is 1. The predicted molar refractivity (Wildman–Crippen MR) is 105 cm³/mol. The van der Waals surface area contributed by atoms with Gasteiger partial charge in [0.2, 0.25) is 5.91 Å². The molecule has 0 saturated heterocycles. The Kier molecular flexibility index (Phi) is 5.22. The summed E-state index contributed by atoms with van der Waals surface area (Å²) in [6.07, 6.45) is 4.24. The molecule has 1 amide bonds. The number of hydrogen-bond donors (Lipinski definition) is 1. The van der Waals surface area contributed by atoms with Crippen LogP contribution in [-0.4, -0.2) is 19.0 Å². The van der Waals surface area contributed by atoms with Crippen molar-refractivity contribution in [2.75, 3.05) is 18.0 Å². The number of fused-ring (bicyclic) bond motifs is 1. The predicted octanol–water partition coefficient (Wildman–Crippen LogP) is 4.13. The number of aryl methyl sites for hydroxylation is 1. The highest BCUT2D eigenvalue weighted by molar-refractivity contribution is 5.98. The van der Waals surface area contributed by atoms with Crippen LogP contribution < -0.4 is 10.6 Å². The SMILES string of the molecule is CCN1CCCc2ccc(C(C)C(=Cc3ccccc3)C(N)=O)cc21. The maximum Gasteiger partial charge on any atom is 0.245 e. The number of primary amides is 1. The van der Waals surface area contributed by atoms with E-state index < -0.39 is 0 Å². The first kappa shape index (κ1) is 17.3. The summed E-state index contributed by atoms with van der Waals surface area (Å²) in [7, 11) is 0. The first-order valence-electron chi connectivity index (χ1n) is 9.04. The van der Waals surface area contributed by atoms with Crippen molar-refractivity contribution in [2.24, 2.45) is 5.73 Å². The van der Waals surface area contributed by atoms with Crippen LogP contribution in [0.25, 0.3) is 6.08 Å². The number of benzene rings is 2. The van der Waals surface area contributed by atoms with E-state index in [1.54, 1.807) is 0 Å². The molecule has 130 valence electrons. The Morgan fingerprint density at radius 1 is 1.24 bits per heavy atom. The van der Waals surface area contributed by atoms with Crippen molar-refractivity contribution in [3.63, 3.8) is 0 Å². The van der Waals surface area contributed by atoms with E-state index in [2.05, 4.69) is 36.9 Å². The fourth-order valence-electron chi connectivity index (χ4n) is 3.58. The van der Waals surface area contributed by atoms with E-state index >= 15 is 0 Å². The topological polar surface area (TPSA) is 46.3 Å². The van der Waals surface area contributed by atoms with Gasteiger partial charge in [-0.1, -0.05) is 49.4 Å². The van der Waals surface area contributed by atoms with Crippen molar-refractivity contribution in [3.05, 3.63) is 70.8 Å². The molecule has 0 aliphatic carbocycles. The van der Waals surface area contributed by atoms with Crippen LogP contribution in [0.1, 0.15) is 42.9 Å². The molecule has 1 unspecified atom stereocenters. The summed E-state index contributed by atoms with van der Waals surface area (Å²) in [6, 6.07) is 16.5. The zero-order valence-electron chi connectivity index (χ0n) is 15.0. The standard InChI is InChI=1S/C22H26N2O/c1-3-24-13-7-10-18-11-12-19(15-21(18)24)16(2)20(22(23)25)14-17-8-5-4-6-9-17/h4-6,8-9,11-12,14-16H,3,7,10,13H2,1-2H3,(H2,23,25). The third kappa shape index (κ3) is 3.76. The van der Waals surface area contributed by atoms with Crippen LogP contribution in [0.3, 0.4) is 0 Å². The van der Waals surface area contributed by atoms with Gasteiger partial charge in [-0.05, 0) is 48.6 Å². The smallest absolute Gasteiger partial charge is 0.245 e. The average Bonchev–Trinajstić information content (AvgIpc) is 2.65. The summed E-state index contributed by atoms with van der Waals surface area (Å²) >= 11 is 0. The third-order valence-electron chi connectivity index (χ3n) is 5.08. The van der Waals surface area contributed by atoms with Crippen molar-refractivity contribution >= 4 is 17.7 Å². The highest BCUT2D eigenvalue weighted by atomic mass is 16.1. The molecule has 0 saturated carbocycles. The van der Waals surface area contributed by atoms with Crippen LogP contribution in [0.5, 0.6) is 0 Å². The highest BCUT2D eigenvalue weighted by Gasteiger charge is 2.21. The van der Waals surface area contributed by atoms with Gasteiger partial charge in [0.05, 0.1) is 0 Å². The van der Waals surface area contributed by atoms with Gasteiger partial charge in [-0.25, -0.2) is 0 Å². The van der Waals surface area contributed by atoms with Crippen LogP contribution >= 0.6 is 0 Å². The molecule has 1 atom stereocenters. The maximum atomic E-state index is 12.1. The van der Waals surface area contributed by atoms with Gasteiger partial charge in [0.25, 0.3) is 0 Å². The monoisotopic (exact) mass is 334 g/mol. The highest BCUT2D eigenvalue weighted by Crippen LogP contribution is 2.33. The summed E-state index contributed by atoms with van der Waals surface area (Å²) in [5.74, 6) is -0.398. The van der Waals surface area contributed by atoms with Gasteiger partial charge in [-0.3, -0.25) is 4.79 Å².